The summed E-state index contributed by atoms with van der Waals surface area (Å²) < 4.78 is 2.16. The summed E-state index contributed by atoms with van der Waals surface area (Å²) in [5, 5.41) is 0. The number of allylic oxidation sites excluding steroid dienone is 2. The van der Waals surface area contributed by atoms with Crippen molar-refractivity contribution in [2.45, 2.75) is 0 Å². The standard InChI is InChI=1S/C16H10O2Se/c17-13-9-10-14(18)16-12(13)7-4-8-15(16)19-11-5-2-1-3-6-11/h1-10H. The first-order valence-corrected chi connectivity index (χ1v) is 7.59. The van der Waals surface area contributed by atoms with Crippen molar-refractivity contribution < 1.29 is 9.59 Å². The second-order valence-corrected chi connectivity index (χ2v) is 6.50. The molecule has 0 radical (unpaired) electrons. The molecule has 92 valence electrons. The number of carbonyl (C=O) groups excluding carboxylic acids is 2. The number of benzene rings is 2. The van der Waals surface area contributed by atoms with Gasteiger partial charge in [0, 0.05) is 0 Å². The van der Waals surface area contributed by atoms with Crippen LogP contribution < -0.4 is 8.92 Å². The molecule has 0 aliphatic heterocycles. The number of hydrogen-bond acceptors (Lipinski definition) is 2. The summed E-state index contributed by atoms with van der Waals surface area (Å²) in [7, 11) is 0. The summed E-state index contributed by atoms with van der Waals surface area (Å²) in [6.45, 7) is 0. The van der Waals surface area contributed by atoms with Crippen LogP contribution in [0, 0.1) is 0 Å². The van der Waals surface area contributed by atoms with Gasteiger partial charge < -0.3 is 0 Å². The molecule has 0 N–H and O–H groups in total. The number of carbonyl (C=O) groups is 2. The SMILES string of the molecule is O=C1C=CC(=O)c2c([Se]c3ccccc3)cccc21. The minimum atomic E-state index is -0.0830. The fourth-order valence-electron chi connectivity index (χ4n) is 2.02. The molecule has 2 aromatic carbocycles. The molecular weight excluding hydrogens is 303 g/mol. The van der Waals surface area contributed by atoms with Crippen LogP contribution in [0.2, 0.25) is 0 Å². The van der Waals surface area contributed by atoms with Crippen molar-refractivity contribution in [1.29, 1.82) is 0 Å². The van der Waals surface area contributed by atoms with Crippen molar-refractivity contribution in [3.05, 3.63) is 71.8 Å². The van der Waals surface area contributed by atoms with Crippen LogP contribution >= 0.6 is 0 Å². The summed E-state index contributed by atoms with van der Waals surface area (Å²) in [6.07, 6.45) is 2.72. The average molecular weight is 313 g/mol. The molecule has 0 heterocycles. The summed E-state index contributed by atoms with van der Waals surface area (Å²) in [6, 6.07) is 15.5. The molecule has 0 saturated heterocycles. The quantitative estimate of drug-likeness (QED) is 0.783. The molecule has 0 unspecified atom stereocenters. The van der Waals surface area contributed by atoms with Gasteiger partial charge in [0.1, 0.15) is 0 Å². The zero-order valence-corrected chi connectivity index (χ0v) is 11.7. The maximum atomic E-state index is 12.0. The van der Waals surface area contributed by atoms with Crippen LogP contribution in [-0.4, -0.2) is 26.5 Å². The molecule has 0 aromatic heterocycles. The molecule has 2 nitrogen and oxygen atoms in total. The first kappa shape index (κ1) is 12.1. The first-order valence-electron chi connectivity index (χ1n) is 5.88. The Balaban J connectivity index is 2.07. The fraction of sp³-hybridized carbons (Fsp3) is 0. The summed E-state index contributed by atoms with van der Waals surface area (Å²) in [5.41, 5.74) is 1.11. The Morgan fingerprint density at radius 2 is 1.47 bits per heavy atom. The van der Waals surface area contributed by atoms with E-state index in [0.717, 1.165) is 4.46 Å². The predicted molar refractivity (Wildman–Crippen MR) is 75.7 cm³/mol. The molecule has 2 aromatic rings. The Morgan fingerprint density at radius 3 is 2.26 bits per heavy atom. The van der Waals surface area contributed by atoms with Crippen LogP contribution in [0.4, 0.5) is 0 Å². The summed E-state index contributed by atoms with van der Waals surface area (Å²) >= 11 is 0.0354. The molecule has 0 bridgehead atoms. The maximum absolute atomic E-state index is 12.0. The van der Waals surface area contributed by atoms with Gasteiger partial charge in [-0.05, 0) is 0 Å². The Labute approximate surface area is 117 Å². The second kappa shape index (κ2) is 4.96. The van der Waals surface area contributed by atoms with E-state index in [1.165, 1.54) is 16.6 Å². The van der Waals surface area contributed by atoms with Gasteiger partial charge in [0.25, 0.3) is 0 Å². The Bertz CT molecular complexity index is 687. The van der Waals surface area contributed by atoms with E-state index in [-0.39, 0.29) is 26.5 Å². The van der Waals surface area contributed by atoms with E-state index in [4.69, 9.17) is 0 Å². The van der Waals surface area contributed by atoms with Crippen molar-refractivity contribution in [3.63, 3.8) is 0 Å². The zero-order chi connectivity index (χ0) is 13.2. The molecule has 0 atom stereocenters. The van der Waals surface area contributed by atoms with Crippen molar-refractivity contribution in [3.8, 4) is 0 Å². The van der Waals surface area contributed by atoms with Crippen LogP contribution in [0.5, 0.6) is 0 Å². The molecule has 1 aliphatic rings. The van der Waals surface area contributed by atoms with Gasteiger partial charge in [-0.2, -0.15) is 0 Å². The number of hydrogen-bond donors (Lipinski definition) is 0. The molecule has 3 heteroatoms. The van der Waals surface area contributed by atoms with Crippen molar-refractivity contribution in [1.82, 2.24) is 0 Å². The van der Waals surface area contributed by atoms with Crippen LogP contribution in [-0.2, 0) is 0 Å². The van der Waals surface area contributed by atoms with Gasteiger partial charge in [0.2, 0.25) is 0 Å². The molecule has 0 saturated carbocycles. The molecular formula is C16H10O2Se. The Morgan fingerprint density at radius 1 is 0.737 bits per heavy atom. The third-order valence-corrected chi connectivity index (χ3v) is 5.14. The molecule has 0 spiro atoms. The Hall–Kier alpha value is -1.96. The molecule has 1 aliphatic carbocycles. The zero-order valence-electron chi connectivity index (χ0n) is 10.00. The van der Waals surface area contributed by atoms with Gasteiger partial charge in [-0.1, -0.05) is 0 Å². The first-order chi connectivity index (χ1) is 9.25. The number of fused-ring (bicyclic) bond motifs is 1. The predicted octanol–water partition coefficient (Wildman–Crippen LogP) is 1.28. The van der Waals surface area contributed by atoms with Gasteiger partial charge in [-0.3, -0.25) is 0 Å². The van der Waals surface area contributed by atoms with E-state index in [1.54, 1.807) is 6.07 Å². The summed E-state index contributed by atoms with van der Waals surface area (Å²) in [5.74, 6) is -0.150. The third kappa shape index (κ3) is 2.30. The number of ketones is 2. The van der Waals surface area contributed by atoms with Gasteiger partial charge >= 0.3 is 117 Å². The topological polar surface area (TPSA) is 34.1 Å². The molecule has 0 fully saturated rings. The van der Waals surface area contributed by atoms with Gasteiger partial charge in [0.05, 0.1) is 0 Å². The number of rotatable bonds is 2. The van der Waals surface area contributed by atoms with E-state index in [9.17, 15) is 9.59 Å². The van der Waals surface area contributed by atoms with E-state index in [0.29, 0.717) is 11.1 Å². The fourth-order valence-corrected chi connectivity index (χ4v) is 4.13. The third-order valence-electron chi connectivity index (χ3n) is 2.90. The monoisotopic (exact) mass is 314 g/mol. The van der Waals surface area contributed by atoms with E-state index in [2.05, 4.69) is 0 Å². The average Bonchev–Trinajstić information content (AvgIpc) is 2.44. The minimum absolute atomic E-state index is 0.0354. The van der Waals surface area contributed by atoms with Crippen LogP contribution in [0.15, 0.2) is 60.7 Å². The van der Waals surface area contributed by atoms with E-state index in [1.807, 2.05) is 42.5 Å². The molecule has 19 heavy (non-hydrogen) atoms. The van der Waals surface area contributed by atoms with E-state index >= 15 is 0 Å². The second-order valence-electron chi connectivity index (χ2n) is 4.16. The van der Waals surface area contributed by atoms with Crippen LogP contribution in [0.1, 0.15) is 20.7 Å². The van der Waals surface area contributed by atoms with Crippen LogP contribution in [0.25, 0.3) is 0 Å². The molecule has 0 amide bonds. The van der Waals surface area contributed by atoms with E-state index < -0.39 is 0 Å². The van der Waals surface area contributed by atoms with Crippen molar-refractivity contribution >= 4 is 35.4 Å². The van der Waals surface area contributed by atoms with Gasteiger partial charge in [-0.25, -0.2) is 0 Å². The van der Waals surface area contributed by atoms with Crippen molar-refractivity contribution in [2.75, 3.05) is 0 Å². The van der Waals surface area contributed by atoms with Gasteiger partial charge in [0.15, 0.2) is 0 Å². The van der Waals surface area contributed by atoms with Gasteiger partial charge in [-0.15, -0.1) is 0 Å². The summed E-state index contributed by atoms with van der Waals surface area (Å²) in [4.78, 5) is 23.8. The Kier molecular flexibility index (Phi) is 3.16. The van der Waals surface area contributed by atoms with Crippen molar-refractivity contribution in [2.24, 2.45) is 0 Å². The molecule has 3 rings (SSSR count). The normalized spacial score (nSPS) is 13.5. The van der Waals surface area contributed by atoms with Crippen LogP contribution in [0.3, 0.4) is 0 Å².